The molecule has 0 unspecified atom stereocenters. The van der Waals surface area contributed by atoms with Crippen molar-refractivity contribution in [1.82, 2.24) is 0 Å². The summed E-state index contributed by atoms with van der Waals surface area (Å²) in [4.78, 5) is 4.97. The summed E-state index contributed by atoms with van der Waals surface area (Å²) in [6.07, 6.45) is 3.85. The van der Waals surface area contributed by atoms with Gasteiger partial charge in [-0.3, -0.25) is 0 Å². The molecule has 1 aromatic rings. The van der Waals surface area contributed by atoms with E-state index in [4.69, 9.17) is 0 Å². The Kier molecular flexibility index (Phi) is 5.65. The fourth-order valence-corrected chi connectivity index (χ4v) is 1.13. The summed E-state index contributed by atoms with van der Waals surface area (Å²) < 4.78 is 2.06. The summed E-state index contributed by atoms with van der Waals surface area (Å²) in [7, 11) is 3.78. The first-order chi connectivity index (χ1) is 5.20. The highest BCUT2D eigenvalue weighted by molar-refractivity contribution is 7.09. The van der Waals surface area contributed by atoms with Crippen LogP contribution in [0.5, 0.6) is 0 Å². The van der Waals surface area contributed by atoms with Crippen LogP contribution in [0, 0.1) is 6.92 Å². The van der Waals surface area contributed by atoms with Crippen LogP contribution in [0.3, 0.4) is 0 Å². The van der Waals surface area contributed by atoms with Crippen LogP contribution in [0.1, 0.15) is 11.8 Å². The van der Waals surface area contributed by atoms with Gasteiger partial charge in [0, 0.05) is 7.05 Å². The van der Waals surface area contributed by atoms with Gasteiger partial charge in [-0.25, -0.2) is 0 Å². The van der Waals surface area contributed by atoms with Crippen molar-refractivity contribution in [1.29, 1.82) is 0 Å². The zero-order valence-corrected chi connectivity index (χ0v) is 8.35. The van der Waals surface area contributed by atoms with Crippen LogP contribution in [0.15, 0.2) is 16.7 Å². The van der Waals surface area contributed by atoms with Gasteiger partial charge in [0.1, 0.15) is 7.05 Å². The van der Waals surface area contributed by atoms with E-state index < -0.39 is 0 Å². The van der Waals surface area contributed by atoms with Crippen LogP contribution < -0.4 is 4.57 Å². The molecule has 1 rings (SSSR count). The van der Waals surface area contributed by atoms with Gasteiger partial charge in [-0.05, 0) is 20.1 Å². The molecule has 62 valence electrons. The molecule has 0 spiro atoms. The van der Waals surface area contributed by atoms with Crippen molar-refractivity contribution in [2.24, 2.45) is 12.0 Å². The van der Waals surface area contributed by atoms with Crippen LogP contribution in [0.2, 0.25) is 0 Å². The van der Waals surface area contributed by atoms with Crippen molar-refractivity contribution in [2.45, 2.75) is 13.8 Å². The van der Waals surface area contributed by atoms with Crippen LogP contribution >= 0.6 is 11.3 Å². The molecule has 0 fully saturated rings. The smallest absolute Gasteiger partial charge is 0.224 e. The van der Waals surface area contributed by atoms with Gasteiger partial charge in [0.2, 0.25) is 5.51 Å². The average molecular weight is 171 g/mol. The molecule has 0 atom stereocenters. The minimum Gasteiger partial charge on any atom is -0.301 e. The summed E-state index contributed by atoms with van der Waals surface area (Å²) in [5, 5.41) is 0. The van der Waals surface area contributed by atoms with Crippen molar-refractivity contribution in [2.75, 3.05) is 7.05 Å². The number of hydrogen-bond acceptors (Lipinski definition) is 2. The van der Waals surface area contributed by atoms with Gasteiger partial charge in [-0.2, -0.15) is 4.57 Å². The third kappa shape index (κ3) is 5.73. The van der Waals surface area contributed by atoms with E-state index in [2.05, 4.69) is 28.2 Å². The molecule has 0 bridgehead atoms. The van der Waals surface area contributed by atoms with E-state index in [0.29, 0.717) is 0 Å². The average Bonchev–Trinajstić information content (AvgIpc) is 2.35. The Labute approximate surface area is 72.2 Å². The molecule has 11 heavy (non-hydrogen) atoms. The normalized spacial score (nSPS) is 9.45. The van der Waals surface area contributed by atoms with Crippen molar-refractivity contribution >= 4 is 17.6 Å². The van der Waals surface area contributed by atoms with Crippen molar-refractivity contribution in [3.8, 4) is 0 Å². The topological polar surface area (TPSA) is 16.2 Å². The third-order valence-electron chi connectivity index (χ3n) is 1.05. The maximum Gasteiger partial charge on any atom is 0.224 e. The number of rotatable bonds is 0. The summed E-state index contributed by atoms with van der Waals surface area (Å²) >= 11 is 1.77. The lowest BCUT2D eigenvalue weighted by Gasteiger charge is -1.65. The Morgan fingerprint density at radius 3 is 2.27 bits per heavy atom. The molecule has 0 N–H and O–H groups in total. The van der Waals surface area contributed by atoms with Gasteiger partial charge >= 0.3 is 0 Å². The summed E-state index contributed by atoms with van der Waals surface area (Å²) in [6.45, 7) is 3.99. The number of aryl methyl sites for hydroxylation is 2. The second-order valence-corrected chi connectivity index (χ2v) is 3.24. The maximum absolute atomic E-state index is 3.61. The summed E-state index contributed by atoms with van der Waals surface area (Å²) in [5.41, 5.74) is 2.08. The van der Waals surface area contributed by atoms with Gasteiger partial charge in [0.25, 0.3) is 0 Å². The van der Waals surface area contributed by atoms with E-state index in [1.165, 1.54) is 4.88 Å². The first kappa shape index (κ1) is 10.3. The second-order valence-electron chi connectivity index (χ2n) is 2.14. The number of nitrogens with zero attached hydrogens (tertiary/aromatic N) is 2. The zero-order chi connectivity index (χ0) is 8.69. The lowest BCUT2D eigenvalue weighted by atomic mass is 10.6. The van der Waals surface area contributed by atoms with E-state index in [0.717, 1.165) is 0 Å². The quantitative estimate of drug-likeness (QED) is 0.416. The van der Waals surface area contributed by atoms with Crippen LogP contribution in [-0.4, -0.2) is 13.3 Å². The standard InChI is InChI=1S/C5H8NS.C3H7N/c1-5-3-6(2)4-7-5;1-3-4-2/h3-4H,1-2H3;3H,1-2H3/q+1;. The van der Waals surface area contributed by atoms with Crippen LogP contribution in [-0.2, 0) is 7.05 Å². The molecule has 0 amide bonds. The highest BCUT2D eigenvalue weighted by atomic mass is 32.1. The number of aromatic nitrogens is 1. The highest BCUT2D eigenvalue weighted by Gasteiger charge is 1.91. The molecule has 0 saturated heterocycles. The number of hydrogen-bond donors (Lipinski definition) is 0. The van der Waals surface area contributed by atoms with E-state index in [9.17, 15) is 0 Å². The predicted octanol–water partition coefficient (Wildman–Crippen LogP) is 1.59. The fraction of sp³-hybridized carbons (Fsp3) is 0.500. The van der Waals surface area contributed by atoms with E-state index in [-0.39, 0.29) is 0 Å². The monoisotopic (exact) mass is 171 g/mol. The maximum atomic E-state index is 3.61. The Balaban J connectivity index is 0.000000218. The fourth-order valence-electron chi connectivity index (χ4n) is 0.514. The Hall–Kier alpha value is -0.700. The minimum atomic E-state index is 1.36. The Morgan fingerprint density at radius 1 is 1.64 bits per heavy atom. The largest absolute Gasteiger partial charge is 0.301 e. The van der Waals surface area contributed by atoms with Gasteiger partial charge in [0.15, 0.2) is 6.20 Å². The first-order valence-corrected chi connectivity index (χ1v) is 4.35. The molecule has 0 radical (unpaired) electrons. The minimum absolute atomic E-state index is 1.36. The van der Waals surface area contributed by atoms with E-state index >= 15 is 0 Å². The molecule has 0 aliphatic carbocycles. The van der Waals surface area contributed by atoms with E-state index in [1.54, 1.807) is 24.6 Å². The molecule has 0 aromatic carbocycles. The molecular formula is C8H15N2S+. The summed E-state index contributed by atoms with van der Waals surface area (Å²) in [6, 6.07) is 0. The molecule has 1 aromatic heterocycles. The molecule has 0 saturated carbocycles. The molecular weight excluding hydrogens is 156 g/mol. The highest BCUT2D eigenvalue weighted by Crippen LogP contribution is 1.98. The number of thiazole rings is 1. The first-order valence-electron chi connectivity index (χ1n) is 3.47. The van der Waals surface area contributed by atoms with E-state index in [1.807, 2.05) is 14.0 Å². The van der Waals surface area contributed by atoms with Gasteiger partial charge in [-0.1, -0.05) is 11.3 Å². The Bertz CT molecular complexity index is 195. The van der Waals surface area contributed by atoms with Gasteiger partial charge < -0.3 is 4.99 Å². The van der Waals surface area contributed by atoms with Crippen LogP contribution in [0.25, 0.3) is 0 Å². The Morgan fingerprint density at radius 2 is 2.18 bits per heavy atom. The molecule has 3 heteroatoms. The second kappa shape index (κ2) is 6.04. The molecule has 0 aliphatic heterocycles. The van der Waals surface area contributed by atoms with Crippen LogP contribution in [0.4, 0.5) is 0 Å². The summed E-state index contributed by atoms with van der Waals surface area (Å²) in [5.74, 6) is 0. The lowest BCUT2D eigenvalue weighted by molar-refractivity contribution is -0.666. The SMILES string of the molecule is CC=NC.Cc1c[n+](C)cs1. The molecule has 2 nitrogen and oxygen atoms in total. The lowest BCUT2D eigenvalue weighted by Crippen LogP contribution is -2.22. The number of aliphatic imine (C=N–C) groups is 1. The van der Waals surface area contributed by atoms with Gasteiger partial charge in [0.05, 0.1) is 4.88 Å². The van der Waals surface area contributed by atoms with Crippen molar-refractivity contribution in [3.63, 3.8) is 0 Å². The third-order valence-corrected chi connectivity index (χ3v) is 1.96. The predicted molar refractivity (Wildman–Crippen MR) is 50.3 cm³/mol. The zero-order valence-electron chi connectivity index (χ0n) is 7.53. The van der Waals surface area contributed by atoms with Gasteiger partial charge in [-0.15, -0.1) is 0 Å². The van der Waals surface area contributed by atoms with Crippen molar-refractivity contribution < 1.29 is 4.57 Å². The molecule has 1 heterocycles. The molecule has 0 aliphatic rings. The van der Waals surface area contributed by atoms with Crippen molar-refractivity contribution in [3.05, 3.63) is 16.6 Å².